The van der Waals surface area contributed by atoms with E-state index in [1.54, 1.807) is 19.2 Å². The third-order valence-electron chi connectivity index (χ3n) is 2.68. The van der Waals surface area contributed by atoms with Crippen LogP contribution in [0.15, 0.2) is 35.3 Å². The highest BCUT2D eigenvalue weighted by atomic mass is 16.1. The van der Waals surface area contributed by atoms with Gasteiger partial charge in [-0.25, -0.2) is 4.98 Å². The van der Waals surface area contributed by atoms with Crippen LogP contribution in [0.2, 0.25) is 0 Å². The number of aryl methyl sites for hydroxylation is 1. The molecule has 0 radical (unpaired) electrons. The van der Waals surface area contributed by atoms with Gasteiger partial charge in [0.25, 0.3) is 5.56 Å². The number of nitrogens with zero attached hydrogens (tertiary/aromatic N) is 2. The lowest BCUT2D eigenvalue weighted by atomic mass is 10.2. The molecule has 1 unspecified atom stereocenters. The SMILES string of the molecule is [2H]C(C)c1ncc2[nH]c(=O)c3ccccc3n12. The van der Waals surface area contributed by atoms with E-state index < -0.39 is 6.40 Å². The number of benzene rings is 1. The zero-order valence-corrected chi connectivity index (χ0v) is 8.77. The number of hydrogen-bond donors (Lipinski definition) is 1. The zero-order chi connectivity index (χ0) is 12.0. The first-order valence-corrected chi connectivity index (χ1v) is 5.09. The minimum Gasteiger partial charge on any atom is -0.306 e. The summed E-state index contributed by atoms with van der Waals surface area (Å²) >= 11 is 0. The van der Waals surface area contributed by atoms with E-state index >= 15 is 0 Å². The first-order valence-electron chi connectivity index (χ1n) is 5.67. The maximum atomic E-state index is 11.8. The van der Waals surface area contributed by atoms with Gasteiger partial charge in [0, 0.05) is 7.77 Å². The van der Waals surface area contributed by atoms with Crippen LogP contribution < -0.4 is 5.56 Å². The number of rotatable bonds is 1. The summed E-state index contributed by atoms with van der Waals surface area (Å²) in [6.45, 7) is 1.76. The molecule has 0 bridgehead atoms. The molecule has 80 valence electrons. The summed E-state index contributed by atoms with van der Waals surface area (Å²) in [6, 6.07) is 7.33. The second kappa shape index (κ2) is 3.20. The molecule has 4 heteroatoms. The molecule has 0 saturated carbocycles. The largest absolute Gasteiger partial charge is 0.306 e. The molecular formula is C12H11N3O. The van der Waals surface area contributed by atoms with E-state index in [2.05, 4.69) is 9.97 Å². The molecule has 3 aromatic rings. The number of aromatic amines is 1. The van der Waals surface area contributed by atoms with Crippen LogP contribution in [-0.2, 0) is 6.40 Å². The Morgan fingerprint density at radius 3 is 3.12 bits per heavy atom. The molecule has 0 saturated heterocycles. The zero-order valence-electron chi connectivity index (χ0n) is 9.77. The van der Waals surface area contributed by atoms with Gasteiger partial charge in [-0.05, 0) is 12.1 Å². The molecule has 0 aliphatic heterocycles. The van der Waals surface area contributed by atoms with Crippen molar-refractivity contribution in [2.45, 2.75) is 13.3 Å². The lowest BCUT2D eigenvalue weighted by Crippen LogP contribution is -2.10. The van der Waals surface area contributed by atoms with E-state index in [-0.39, 0.29) is 5.56 Å². The highest BCUT2D eigenvalue weighted by Crippen LogP contribution is 2.13. The van der Waals surface area contributed by atoms with Gasteiger partial charge in [-0.3, -0.25) is 9.20 Å². The van der Waals surface area contributed by atoms with Gasteiger partial charge >= 0.3 is 0 Å². The molecule has 1 aromatic carbocycles. The lowest BCUT2D eigenvalue weighted by Gasteiger charge is -2.03. The van der Waals surface area contributed by atoms with Gasteiger partial charge < -0.3 is 4.98 Å². The van der Waals surface area contributed by atoms with Crippen molar-refractivity contribution in [1.82, 2.24) is 14.4 Å². The van der Waals surface area contributed by atoms with Crippen molar-refractivity contribution < 1.29 is 1.37 Å². The van der Waals surface area contributed by atoms with E-state index in [0.717, 1.165) is 5.52 Å². The Balaban J connectivity index is 2.60. The molecule has 3 rings (SSSR count). The van der Waals surface area contributed by atoms with E-state index in [1.165, 1.54) is 0 Å². The van der Waals surface area contributed by atoms with Gasteiger partial charge in [0.2, 0.25) is 0 Å². The van der Waals surface area contributed by atoms with Crippen molar-refractivity contribution in [2.24, 2.45) is 0 Å². The van der Waals surface area contributed by atoms with Crippen molar-refractivity contribution in [1.29, 1.82) is 0 Å². The fraction of sp³-hybridized carbons (Fsp3) is 0.167. The number of para-hydroxylation sites is 1. The topological polar surface area (TPSA) is 50.2 Å². The van der Waals surface area contributed by atoms with Crippen LogP contribution >= 0.6 is 0 Å². The van der Waals surface area contributed by atoms with E-state index in [9.17, 15) is 4.79 Å². The normalized spacial score (nSPS) is 14.2. The van der Waals surface area contributed by atoms with Gasteiger partial charge in [-0.1, -0.05) is 19.1 Å². The number of imidazole rings is 1. The molecule has 1 N–H and O–H groups in total. The lowest BCUT2D eigenvalue weighted by molar-refractivity contribution is 0.945. The number of aromatic nitrogens is 3. The molecule has 16 heavy (non-hydrogen) atoms. The first kappa shape index (κ1) is 8.10. The summed E-state index contributed by atoms with van der Waals surface area (Å²) in [5, 5.41) is 0.611. The van der Waals surface area contributed by atoms with Gasteiger partial charge in [-0.2, -0.15) is 0 Å². The highest BCUT2D eigenvalue weighted by Gasteiger charge is 2.07. The van der Waals surface area contributed by atoms with Crippen LogP contribution in [0.5, 0.6) is 0 Å². The van der Waals surface area contributed by atoms with Crippen LogP contribution in [0.1, 0.15) is 14.1 Å². The Morgan fingerprint density at radius 2 is 2.31 bits per heavy atom. The summed E-state index contributed by atoms with van der Waals surface area (Å²) in [7, 11) is 0. The molecule has 2 aromatic heterocycles. The Kier molecular flexibility index (Phi) is 1.62. The molecule has 4 nitrogen and oxygen atoms in total. The van der Waals surface area contributed by atoms with E-state index in [0.29, 0.717) is 16.9 Å². The fourth-order valence-electron chi connectivity index (χ4n) is 1.96. The molecular weight excluding hydrogens is 202 g/mol. The number of fused-ring (bicyclic) bond motifs is 3. The van der Waals surface area contributed by atoms with Crippen LogP contribution in [0.4, 0.5) is 0 Å². The van der Waals surface area contributed by atoms with Crippen molar-refractivity contribution >= 4 is 16.6 Å². The monoisotopic (exact) mass is 214 g/mol. The van der Waals surface area contributed by atoms with Gasteiger partial charge in [0.05, 0.1) is 17.1 Å². The summed E-state index contributed by atoms with van der Waals surface area (Å²) in [4.78, 5) is 18.8. The average Bonchev–Trinajstić information content (AvgIpc) is 2.73. The molecule has 0 aliphatic rings. The fourth-order valence-corrected chi connectivity index (χ4v) is 1.96. The number of nitrogens with one attached hydrogen (secondary N) is 1. The first-order chi connectivity index (χ1) is 8.18. The molecule has 1 atom stereocenters. The predicted molar refractivity (Wildman–Crippen MR) is 62.7 cm³/mol. The maximum absolute atomic E-state index is 11.8. The van der Waals surface area contributed by atoms with Gasteiger partial charge in [0.15, 0.2) is 0 Å². The maximum Gasteiger partial charge on any atom is 0.258 e. The van der Waals surface area contributed by atoms with Crippen molar-refractivity contribution in [2.75, 3.05) is 0 Å². The molecule has 0 fully saturated rings. The second-order valence-electron chi connectivity index (χ2n) is 3.60. The Bertz CT molecular complexity index is 757. The molecule has 2 heterocycles. The predicted octanol–water partition coefficient (Wildman–Crippen LogP) is 1.74. The Hall–Kier alpha value is -2.10. The molecule has 0 aliphatic carbocycles. The number of H-pyrrole nitrogens is 1. The summed E-state index contributed by atoms with van der Waals surface area (Å²) in [5.41, 5.74) is 1.29. The van der Waals surface area contributed by atoms with E-state index in [1.807, 2.05) is 22.6 Å². The minimum absolute atomic E-state index is 0.128. The van der Waals surface area contributed by atoms with Crippen molar-refractivity contribution in [3.05, 3.63) is 46.6 Å². The smallest absolute Gasteiger partial charge is 0.258 e. The van der Waals surface area contributed by atoms with Gasteiger partial charge in [-0.15, -0.1) is 0 Å². The minimum atomic E-state index is -0.438. The van der Waals surface area contributed by atoms with Crippen LogP contribution in [-0.4, -0.2) is 14.4 Å². The van der Waals surface area contributed by atoms with Crippen molar-refractivity contribution in [3.8, 4) is 0 Å². The summed E-state index contributed by atoms with van der Waals surface area (Å²) in [6.07, 6.45) is 1.15. The standard InChI is InChI=1S/C12H11N3O/c1-2-10-13-7-11-14-12(16)8-5-3-4-6-9(8)15(10)11/h3-7H,2H2,1H3,(H,14,16)/i2D. The van der Waals surface area contributed by atoms with Crippen LogP contribution in [0.25, 0.3) is 16.6 Å². The average molecular weight is 214 g/mol. The summed E-state index contributed by atoms with van der Waals surface area (Å²) < 4.78 is 9.60. The van der Waals surface area contributed by atoms with Crippen molar-refractivity contribution in [3.63, 3.8) is 0 Å². The Morgan fingerprint density at radius 1 is 1.50 bits per heavy atom. The third kappa shape index (κ3) is 1.10. The molecule has 0 amide bonds. The van der Waals surface area contributed by atoms with Crippen LogP contribution in [0.3, 0.4) is 0 Å². The number of hydrogen-bond acceptors (Lipinski definition) is 2. The summed E-state index contributed by atoms with van der Waals surface area (Å²) in [5.74, 6) is 0.632. The third-order valence-corrected chi connectivity index (χ3v) is 2.68. The Labute approximate surface area is 93.0 Å². The quantitative estimate of drug-likeness (QED) is 0.670. The van der Waals surface area contributed by atoms with E-state index in [4.69, 9.17) is 1.37 Å². The molecule has 0 spiro atoms. The van der Waals surface area contributed by atoms with Crippen LogP contribution in [0, 0.1) is 0 Å². The highest BCUT2D eigenvalue weighted by molar-refractivity contribution is 5.80. The van der Waals surface area contributed by atoms with Gasteiger partial charge in [0.1, 0.15) is 11.5 Å². The second-order valence-corrected chi connectivity index (χ2v) is 3.60.